The van der Waals surface area contributed by atoms with Crippen molar-refractivity contribution >= 4 is 29.9 Å². The van der Waals surface area contributed by atoms with Gasteiger partial charge in [-0.2, -0.15) is 0 Å². The molecule has 8 heteroatoms. The average Bonchev–Trinajstić information content (AvgIpc) is 3.07. The zero-order valence-corrected chi connectivity index (χ0v) is 21.4. The monoisotopic (exact) mass is 531 g/mol. The Balaban J connectivity index is 0.00000320. The Bertz CT molecular complexity index is 707. The van der Waals surface area contributed by atoms with Crippen molar-refractivity contribution in [2.45, 2.75) is 45.9 Å². The van der Waals surface area contributed by atoms with Gasteiger partial charge >= 0.3 is 0 Å². The van der Waals surface area contributed by atoms with Gasteiger partial charge in [-0.15, -0.1) is 24.0 Å². The van der Waals surface area contributed by atoms with E-state index < -0.39 is 0 Å². The number of rotatable bonds is 7. The molecule has 0 saturated carbocycles. The molecule has 0 amide bonds. The van der Waals surface area contributed by atoms with Crippen LogP contribution in [0.4, 0.5) is 0 Å². The normalized spacial score (nSPS) is 20.7. The number of guanidine groups is 1. The summed E-state index contributed by atoms with van der Waals surface area (Å²) in [5.41, 5.74) is 2.32. The van der Waals surface area contributed by atoms with E-state index in [1.165, 1.54) is 5.56 Å². The topological polar surface area (TPSA) is 61.4 Å². The third-order valence-corrected chi connectivity index (χ3v) is 5.78. The van der Waals surface area contributed by atoms with Gasteiger partial charge in [0.15, 0.2) is 5.96 Å². The summed E-state index contributed by atoms with van der Waals surface area (Å²) in [4.78, 5) is 9.31. The highest BCUT2D eigenvalue weighted by molar-refractivity contribution is 14.0. The first-order valence-electron chi connectivity index (χ1n) is 10.8. The van der Waals surface area contributed by atoms with Gasteiger partial charge in [0.1, 0.15) is 17.6 Å². The molecular formula is C22H38IN5O2. The van der Waals surface area contributed by atoms with Crippen LogP contribution in [0.15, 0.2) is 17.1 Å². The Labute approximate surface area is 198 Å². The summed E-state index contributed by atoms with van der Waals surface area (Å²) in [5, 5.41) is 6.90. The van der Waals surface area contributed by atoms with Gasteiger partial charge in [0, 0.05) is 69.9 Å². The summed E-state index contributed by atoms with van der Waals surface area (Å²) in [6.45, 7) is 13.1. The highest BCUT2D eigenvalue weighted by Crippen LogP contribution is 2.35. The van der Waals surface area contributed by atoms with Gasteiger partial charge in [0.05, 0.1) is 6.61 Å². The van der Waals surface area contributed by atoms with Crippen molar-refractivity contribution in [3.63, 3.8) is 0 Å². The number of hydrogen-bond donors (Lipinski definition) is 2. The second-order valence-corrected chi connectivity index (χ2v) is 8.13. The number of halogens is 1. The second-order valence-electron chi connectivity index (χ2n) is 8.13. The summed E-state index contributed by atoms with van der Waals surface area (Å²) in [5.74, 6) is 2.71. The van der Waals surface area contributed by atoms with Gasteiger partial charge in [0.2, 0.25) is 0 Å². The third kappa shape index (κ3) is 6.62. The molecule has 2 atom stereocenters. The number of aliphatic imine (C=N–C) groups is 1. The third-order valence-electron chi connectivity index (χ3n) is 5.78. The van der Waals surface area contributed by atoms with E-state index in [0.717, 1.165) is 62.2 Å². The van der Waals surface area contributed by atoms with E-state index in [4.69, 9.17) is 9.47 Å². The molecule has 1 saturated heterocycles. The van der Waals surface area contributed by atoms with E-state index >= 15 is 0 Å². The summed E-state index contributed by atoms with van der Waals surface area (Å²) < 4.78 is 11.8. The maximum Gasteiger partial charge on any atom is 0.191 e. The lowest BCUT2D eigenvalue weighted by atomic mass is 10.1. The lowest BCUT2D eigenvalue weighted by Crippen LogP contribution is -2.52. The van der Waals surface area contributed by atoms with Crippen LogP contribution < -0.4 is 20.1 Å². The standard InChI is InChI=1S/C22H37N5O2.HI/c1-6-28-20-12-18-11-17(3)29-21(18)13-19(20)15-25-22(23-4)24-14-16(2)27-9-7-26(5)8-10-27;/h12-13,16-17H,6-11,14-15H2,1-5H3,(H2,23,24,25);1H. The molecule has 0 spiro atoms. The zero-order valence-electron chi connectivity index (χ0n) is 19.0. The molecule has 1 fully saturated rings. The Kier molecular flexibility index (Phi) is 9.96. The molecule has 2 N–H and O–H groups in total. The summed E-state index contributed by atoms with van der Waals surface area (Å²) in [6.07, 6.45) is 1.17. The van der Waals surface area contributed by atoms with Crippen LogP contribution in [0.2, 0.25) is 0 Å². The lowest BCUT2D eigenvalue weighted by Gasteiger charge is -2.36. The van der Waals surface area contributed by atoms with Gasteiger partial charge < -0.3 is 25.0 Å². The maximum atomic E-state index is 5.93. The van der Waals surface area contributed by atoms with Crippen LogP contribution in [0, 0.1) is 0 Å². The van der Waals surface area contributed by atoms with E-state index in [0.29, 0.717) is 19.2 Å². The van der Waals surface area contributed by atoms with Gasteiger partial charge in [-0.05, 0) is 40.0 Å². The highest BCUT2D eigenvalue weighted by atomic mass is 127. The first kappa shape index (κ1) is 25.0. The first-order valence-corrected chi connectivity index (χ1v) is 10.8. The quantitative estimate of drug-likeness (QED) is 0.320. The molecule has 0 aromatic heterocycles. The smallest absolute Gasteiger partial charge is 0.191 e. The van der Waals surface area contributed by atoms with E-state index in [-0.39, 0.29) is 30.1 Å². The van der Waals surface area contributed by atoms with Crippen molar-refractivity contribution in [3.8, 4) is 11.5 Å². The molecule has 7 nitrogen and oxygen atoms in total. The minimum absolute atomic E-state index is 0. The highest BCUT2D eigenvalue weighted by Gasteiger charge is 2.22. The van der Waals surface area contributed by atoms with Crippen LogP contribution in [0.1, 0.15) is 31.9 Å². The molecule has 170 valence electrons. The van der Waals surface area contributed by atoms with Crippen molar-refractivity contribution in [1.29, 1.82) is 0 Å². The first-order chi connectivity index (χ1) is 14.0. The van der Waals surface area contributed by atoms with Gasteiger partial charge in [-0.1, -0.05) is 0 Å². The predicted octanol–water partition coefficient (Wildman–Crippen LogP) is 2.33. The Morgan fingerprint density at radius 1 is 1.27 bits per heavy atom. The van der Waals surface area contributed by atoms with Crippen molar-refractivity contribution < 1.29 is 9.47 Å². The van der Waals surface area contributed by atoms with Crippen molar-refractivity contribution in [3.05, 3.63) is 23.3 Å². The molecule has 0 radical (unpaired) electrons. The number of benzene rings is 1. The van der Waals surface area contributed by atoms with Crippen LogP contribution in [-0.2, 0) is 13.0 Å². The number of piperazine rings is 1. The molecule has 1 aromatic carbocycles. The molecule has 0 aliphatic carbocycles. The number of hydrogen-bond acceptors (Lipinski definition) is 5. The van der Waals surface area contributed by atoms with Gasteiger partial charge in [-0.25, -0.2) is 0 Å². The number of ether oxygens (including phenoxy) is 2. The van der Waals surface area contributed by atoms with Crippen molar-refractivity contribution in [2.24, 2.45) is 4.99 Å². The summed E-state index contributed by atoms with van der Waals surface area (Å²) in [6, 6.07) is 4.71. The lowest BCUT2D eigenvalue weighted by molar-refractivity contribution is 0.120. The molecule has 2 unspecified atom stereocenters. The Hall–Kier alpha value is -1.26. The number of nitrogens with one attached hydrogen (secondary N) is 2. The molecule has 1 aromatic rings. The molecular weight excluding hydrogens is 493 g/mol. The van der Waals surface area contributed by atoms with Crippen LogP contribution in [0.5, 0.6) is 11.5 Å². The van der Waals surface area contributed by atoms with E-state index in [1.807, 2.05) is 14.0 Å². The van der Waals surface area contributed by atoms with E-state index in [1.54, 1.807) is 0 Å². The van der Waals surface area contributed by atoms with Crippen molar-refractivity contribution in [2.75, 3.05) is 53.4 Å². The van der Waals surface area contributed by atoms with Crippen LogP contribution in [0.3, 0.4) is 0 Å². The molecule has 0 bridgehead atoms. The zero-order chi connectivity index (χ0) is 20.8. The predicted molar refractivity (Wildman–Crippen MR) is 134 cm³/mol. The van der Waals surface area contributed by atoms with Crippen LogP contribution >= 0.6 is 24.0 Å². The van der Waals surface area contributed by atoms with Crippen molar-refractivity contribution in [1.82, 2.24) is 20.4 Å². The maximum absolute atomic E-state index is 5.93. The molecule has 3 rings (SSSR count). The van der Waals surface area contributed by atoms with Gasteiger partial charge in [-0.3, -0.25) is 9.89 Å². The molecule has 2 aliphatic rings. The summed E-state index contributed by atoms with van der Waals surface area (Å²) >= 11 is 0. The minimum atomic E-state index is 0. The fourth-order valence-electron chi connectivity index (χ4n) is 3.95. The minimum Gasteiger partial charge on any atom is -0.494 e. The Morgan fingerprint density at radius 2 is 2.00 bits per heavy atom. The molecule has 2 heterocycles. The van der Waals surface area contributed by atoms with E-state index in [9.17, 15) is 0 Å². The average molecular weight is 531 g/mol. The summed E-state index contributed by atoms with van der Waals surface area (Å²) in [7, 11) is 4.00. The van der Waals surface area contributed by atoms with Gasteiger partial charge in [0.25, 0.3) is 0 Å². The number of nitrogens with zero attached hydrogens (tertiary/aromatic N) is 3. The second kappa shape index (κ2) is 12.0. The Morgan fingerprint density at radius 3 is 2.67 bits per heavy atom. The fourth-order valence-corrected chi connectivity index (χ4v) is 3.95. The number of likely N-dealkylation sites (N-methyl/N-ethyl adjacent to an activating group) is 1. The largest absolute Gasteiger partial charge is 0.494 e. The number of fused-ring (bicyclic) bond motifs is 1. The van der Waals surface area contributed by atoms with Crippen LogP contribution in [0.25, 0.3) is 0 Å². The van der Waals surface area contributed by atoms with E-state index in [2.05, 4.69) is 58.5 Å². The molecule has 30 heavy (non-hydrogen) atoms. The SMILES string of the molecule is CCOc1cc2c(cc1CNC(=NC)NCC(C)N1CCN(C)CC1)OC(C)C2.I. The fraction of sp³-hybridized carbons (Fsp3) is 0.682. The van der Waals surface area contributed by atoms with Crippen LogP contribution in [-0.4, -0.2) is 81.3 Å². The molecule has 2 aliphatic heterocycles.